The van der Waals surface area contributed by atoms with Crippen molar-refractivity contribution in [2.24, 2.45) is 0 Å². The van der Waals surface area contributed by atoms with E-state index >= 15 is 0 Å². The molecule has 5 heteroatoms. The van der Waals surface area contributed by atoms with Crippen LogP contribution in [-0.4, -0.2) is 35.5 Å². The number of likely N-dealkylation sites (N-methyl/N-ethyl adjacent to an activating group) is 1. The number of hydrogen-bond acceptors (Lipinski definition) is 3. The third-order valence-corrected chi connectivity index (χ3v) is 4.04. The third-order valence-electron chi connectivity index (χ3n) is 4.04. The molecule has 5 nitrogen and oxygen atoms in total. The molecule has 0 fully saturated rings. The van der Waals surface area contributed by atoms with Crippen LogP contribution < -0.4 is 5.32 Å². The Bertz CT molecular complexity index is 610. The SMILES string of the molecule is Cc1cccnc1C[C@H](C)N(C)C(=O)NCCCc1ccco1. The number of carbonyl (C=O) groups is 1. The van der Waals surface area contributed by atoms with Crippen LogP contribution in [0.5, 0.6) is 0 Å². The predicted molar refractivity (Wildman–Crippen MR) is 90.3 cm³/mol. The van der Waals surface area contributed by atoms with Gasteiger partial charge in [0.05, 0.1) is 6.26 Å². The second kappa shape index (κ2) is 8.36. The number of hydrogen-bond donors (Lipinski definition) is 1. The minimum Gasteiger partial charge on any atom is -0.469 e. The number of urea groups is 1. The summed E-state index contributed by atoms with van der Waals surface area (Å²) >= 11 is 0. The third kappa shape index (κ3) is 5.13. The molecular weight excluding hydrogens is 290 g/mol. The highest BCUT2D eigenvalue weighted by atomic mass is 16.3. The Morgan fingerprint density at radius 2 is 2.22 bits per heavy atom. The molecule has 0 aliphatic heterocycles. The summed E-state index contributed by atoms with van der Waals surface area (Å²) in [6.07, 6.45) is 5.91. The van der Waals surface area contributed by atoms with Crippen molar-refractivity contribution in [3.05, 3.63) is 53.7 Å². The van der Waals surface area contributed by atoms with Crippen molar-refractivity contribution in [1.29, 1.82) is 0 Å². The fourth-order valence-electron chi connectivity index (χ4n) is 2.39. The van der Waals surface area contributed by atoms with Gasteiger partial charge in [-0.1, -0.05) is 6.07 Å². The van der Waals surface area contributed by atoms with Crippen molar-refractivity contribution >= 4 is 6.03 Å². The van der Waals surface area contributed by atoms with Crippen molar-refractivity contribution in [3.8, 4) is 0 Å². The highest BCUT2D eigenvalue weighted by Crippen LogP contribution is 2.10. The Morgan fingerprint density at radius 3 is 2.91 bits per heavy atom. The topological polar surface area (TPSA) is 58.4 Å². The predicted octanol–water partition coefficient (Wildman–Crippen LogP) is 3.19. The quantitative estimate of drug-likeness (QED) is 0.798. The Morgan fingerprint density at radius 1 is 1.39 bits per heavy atom. The molecule has 0 spiro atoms. The first-order valence-corrected chi connectivity index (χ1v) is 8.01. The van der Waals surface area contributed by atoms with Gasteiger partial charge in [0.2, 0.25) is 0 Å². The number of amides is 2. The molecule has 2 heterocycles. The van der Waals surface area contributed by atoms with Gasteiger partial charge < -0.3 is 14.6 Å². The molecule has 0 aromatic carbocycles. The number of pyridine rings is 1. The molecule has 0 unspecified atom stereocenters. The van der Waals surface area contributed by atoms with E-state index in [9.17, 15) is 4.79 Å². The van der Waals surface area contributed by atoms with Crippen molar-refractivity contribution < 1.29 is 9.21 Å². The van der Waals surface area contributed by atoms with Gasteiger partial charge in [-0.15, -0.1) is 0 Å². The maximum absolute atomic E-state index is 12.2. The van der Waals surface area contributed by atoms with Crippen LogP contribution in [-0.2, 0) is 12.8 Å². The van der Waals surface area contributed by atoms with Gasteiger partial charge in [-0.2, -0.15) is 0 Å². The first-order valence-electron chi connectivity index (χ1n) is 8.01. The molecule has 0 bridgehead atoms. The van der Waals surface area contributed by atoms with Crippen molar-refractivity contribution in [2.75, 3.05) is 13.6 Å². The molecule has 2 rings (SSSR count). The maximum atomic E-state index is 12.2. The zero-order chi connectivity index (χ0) is 16.7. The summed E-state index contributed by atoms with van der Waals surface area (Å²) in [6, 6.07) is 7.84. The zero-order valence-electron chi connectivity index (χ0n) is 14.1. The number of aromatic nitrogens is 1. The van der Waals surface area contributed by atoms with Crippen LogP contribution in [0.1, 0.15) is 30.4 Å². The Balaban J connectivity index is 1.74. The van der Waals surface area contributed by atoms with Crippen molar-refractivity contribution in [1.82, 2.24) is 15.2 Å². The molecule has 2 aromatic rings. The lowest BCUT2D eigenvalue weighted by Crippen LogP contribution is -2.43. The second-order valence-corrected chi connectivity index (χ2v) is 5.85. The van der Waals surface area contributed by atoms with Gasteiger partial charge in [-0.05, 0) is 44.0 Å². The van der Waals surface area contributed by atoms with E-state index in [1.54, 1.807) is 17.4 Å². The average Bonchev–Trinajstić information content (AvgIpc) is 3.06. The number of aryl methyl sites for hydroxylation is 2. The molecule has 23 heavy (non-hydrogen) atoms. The number of nitrogens with zero attached hydrogens (tertiary/aromatic N) is 2. The lowest BCUT2D eigenvalue weighted by Gasteiger charge is -2.25. The first-order chi connectivity index (χ1) is 11.1. The second-order valence-electron chi connectivity index (χ2n) is 5.85. The Hall–Kier alpha value is -2.30. The van der Waals surface area contributed by atoms with E-state index in [2.05, 4.69) is 10.3 Å². The molecule has 1 N–H and O–H groups in total. The Labute approximate surface area is 137 Å². The lowest BCUT2D eigenvalue weighted by atomic mass is 10.1. The van der Waals surface area contributed by atoms with Gasteiger partial charge in [0, 0.05) is 44.4 Å². The van der Waals surface area contributed by atoms with Gasteiger partial charge in [0.25, 0.3) is 0 Å². The summed E-state index contributed by atoms with van der Waals surface area (Å²) in [5.41, 5.74) is 2.20. The molecule has 0 radical (unpaired) electrons. The molecule has 0 aliphatic rings. The number of furan rings is 1. The molecular formula is C18H25N3O2. The van der Waals surface area contributed by atoms with Gasteiger partial charge in [0.1, 0.15) is 5.76 Å². The number of rotatable bonds is 7. The first kappa shape index (κ1) is 17.1. The van der Waals surface area contributed by atoms with E-state index in [1.807, 2.05) is 45.2 Å². The maximum Gasteiger partial charge on any atom is 0.317 e. The average molecular weight is 315 g/mol. The Kier molecular flexibility index (Phi) is 6.20. The summed E-state index contributed by atoms with van der Waals surface area (Å²) in [7, 11) is 1.82. The monoisotopic (exact) mass is 315 g/mol. The molecule has 2 amide bonds. The highest BCUT2D eigenvalue weighted by Gasteiger charge is 2.16. The van der Waals surface area contributed by atoms with Crippen LogP contribution in [0.15, 0.2) is 41.1 Å². The smallest absolute Gasteiger partial charge is 0.317 e. The van der Waals surface area contributed by atoms with Gasteiger partial charge in [0.15, 0.2) is 0 Å². The lowest BCUT2D eigenvalue weighted by molar-refractivity contribution is 0.193. The van der Waals surface area contributed by atoms with E-state index in [1.165, 1.54) is 0 Å². The van der Waals surface area contributed by atoms with Crippen molar-refractivity contribution in [2.45, 2.75) is 39.2 Å². The molecule has 2 aromatic heterocycles. The van der Waals surface area contributed by atoms with Crippen LogP contribution >= 0.6 is 0 Å². The fraction of sp³-hybridized carbons (Fsp3) is 0.444. The van der Waals surface area contributed by atoms with E-state index < -0.39 is 0 Å². The summed E-state index contributed by atoms with van der Waals surface area (Å²) in [4.78, 5) is 18.3. The van der Waals surface area contributed by atoms with Gasteiger partial charge >= 0.3 is 6.03 Å². The molecule has 1 atom stereocenters. The normalized spacial score (nSPS) is 12.0. The van der Waals surface area contributed by atoms with E-state index in [-0.39, 0.29) is 12.1 Å². The molecule has 0 saturated carbocycles. The summed E-state index contributed by atoms with van der Waals surface area (Å²) < 4.78 is 5.27. The number of carbonyl (C=O) groups excluding carboxylic acids is 1. The van der Waals surface area contributed by atoms with Gasteiger partial charge in [-0.25, -0.2) is 4.79 Å². The van der Waals surface area contributed by atoms with Crippen LogP contribution in [0, 0.1) is 6.92 Å². The summed E-state index contributed by atoms with van der Waals surface area (Å²) in [5.74, 6) is 0.951. The molecule has 124 valence electrons. The summed E-state index contributed by atoms with van der Waals surface area (Å²) in [6.45, 7) is 4.72. The minimum absolute atomic E-state index is 0.0504. The van der Waals surface area contributed by atoms with Gasteiger partial charge in [-0.3, -0.25) is 4.98 Å². The molecule has 0 saturated heterocycles. The van der Waals surface area contributed by atoms with Crippen LogP contribution in [0.3, 0.4) is 0 Å². The molecule has 0 aliphatic carbocycles. The minimum atomic E-state index is -0.0504. The number of nitrogens with one attached hydrogen (secondary N) is 1. The van der Waals surface area contributed by atoms with E-state index in [4.69, 9.17) is 4.42 Å². The van der Waals surface area contributed by atoms with Crippen LogP contribution in [0.4, 0.5) is 4.79 Å². The fourth-order valence-corrected chi connectivity index (χ4v) is 2.39. The van der Waals surface area contributed by atoms with E-state index in [0.717, 1.165) is 36.3 Å². The van der Waals surface area contributed by atoms with E-state index in [0.29, 0.717) is 6.54 Å². The standard InChI is InChI=1S/C18H25N3O2/c1-14-7-4-10-19-17(14)13-15(2)21(3)18(22)20-11-5-8-16-9-6-12-23-16/h4,6-7,9-10,12,15H,5,8,11,13H2,1-3H3,(H,20,22)/t15-/m0/s1. The largest absolute Gasteiger partial charge is 0.469 e. The van der Waals surface area contributed by atoms with Crippen LogP contribution in [0.2, 0.25) is 0 Å². The summed E-state index contributed by atoms with van der Waals surface area (Å²) in [5, 5.41) is 2.95. The van der Waals surface area contributed by atoms with Crippen LogP contribution in [0.25, 0.3) is 0 Å². The highest BCUT2D eigenvalue weighted by molar-refractivity contribution is 5.74. The van der Waals surface area contributed by atoms with Crippen molar-refractivity contribution in [3.63, 3.8) is 0 Å². The zero-order valence-corrected chi connectivity index (χ0v) is 14.1.